The highest BCUT2D eigenvalue weighted by Gasteiger charge is 2.15. The molecule has 1 aromatic rings. The first-order chi connectivity index (χ1) is 9.51. The Bertz CT molecular complexity index is 384. The summed E-state index contributed by atoms with van der Waals surface area (Å²) in [6.45, 7) is 7.99. The van der Waals surface area contributed by atoms with E-state index in [0.717, 1.165) is 36.5 Å². The fourth-order valence-corrected chi connectivity index (χ4v) is 2.63. The molecule has 20 heavy (non-hydrogen) atoms. The van der Waals surface area contributed by atoms with Crippen LogP contribution < -0.4 is 10.2 Å². The topological polar surface area (TPSA) is 15.3 Å². The van der Waals surface area contributed by atoms with Crippen molar-refractivity contribution in [3.63, 3.8) is 0 Å². The summed E-state index contributed by atoms with van der Waals surface area (Å²) in [5.41, 5.74) is 2.89. The summed E-state index contributed by atoms with van der Waals surface area (Å²) < 4.78 is 13.9. The molecule has 0 radical (unpaired) electrons. The van der Waals surface area contributed by atoms with E-state index >= 15 is 0 Å². The first-order valence-electron chi connectivity index (χ1n) is 7.24. The molecule has 0 aliphatic heterocycles. The number of hydrogen-bond acceptors (Lipinski definition) is 3. The van der Waals surface area contributed by atoms with Crippen molar-refractivity contribution in [3.8, 4) is 0 Å². The minimum atomic E-state index is -0.118. The van der Waals surface area contributed by atoms with Crippen LogP contribution in [0.5, 0.6) is 0 Å². The van der Waals surface area contributed by atoms with E-state index in [-0.39, 0.29) is 11.9 Å². The second kappa shape index (κ2) is 8.53. The second-order valence-corrected chi connectivity index (χ2v) is 6.24. The van der Waals surface area contributed by atoms with Gasteiger partial charge in [-0.25, -0.2) is 4.39 Å². The van der Waals surface area contributed by atoms with E-state index in [4.69, 9.17) is 0 Å². The SMILES string of the molecule is CCCNC(C)c1cc(F)c(C)cc1N(C)CCSC. The molecule has 0 spiro atoms. The molecule has 2 nitrogen and oxygen atoms in total. The molecule has 1 unspecified atom stereocenters. The van der Waals surface area contributed by atoms with Crippen LogP contribution in [0.25, 0.3) is 0 Å². The van der Waals surface area contributed by atoms with Crippen LogP contribution in [0.3, 0.4) is 0 Å². The van der Waals surface area contributed by atoms with Gasteiger partial charge in [0, 0.05) is 31.1 Å². The predicted octanol–water partition coefficient (Wildman–Crippen LogP) is 3.99. The van der Waals surface area contributed by atoms with Gasteiger partial charge in [-0.1, -0.05) is 6.92 Å². The van der Waals surface area contributed by atoms with Gasteiger partial charge in [0.2, 0.25) is 0 Å². The molecule has 1 aromatic carbocycles. The van der Waals surface area contributed by atoms with E-state index in [9.17, 15) is 4.39 Å². The average molecular weight is 298 g/mol. The Morgan fingerprint density at radius 2 is 2.10 bits per heavy atom. The van der Waals surface area contributed by atoms with Gasteiger partial charge in [-0.2, -0.15) is 11.8 Å². The maximum absolute atomic E-state index is 13.9. The van der Waals surface area contributed by atoms with Crippen LogP contribution >= 0.6 is 11.8 Å². The van der Waals surface area contributed by atoms with E-state index in [2.05, 4.69) is 37.4 Å². The van der Waals surface area contributed by atoms with Gasteiger partial charge in [-0.15, -0.1) is 0 Å². The number of anilines is 1. The third-order valence-corrected chi connectivity index (χ3v) is 4.11. The van der Waals surface area contributed by atoms with Crippen LogP contribution in [0, 0.1) is 12.7 Å². The smallest absolute Gasteiger partial charge is 0.126 e. The number of thioether (sulfide) groups is 1. The van der Waals surface area contributed by atoms with Crippen LogP contribution in [0.2, 0.25) is 0 Å². The third-order valence-electron chi connectivity index (χ3n) is 3.52. The Morgan fingerprint density at radius 3 is 2.70 bits per heavy atom. The molecule has 0 amide bonds. The van der Waals surface area contributed by atoms with Crippen molar-refractivity contribution in [2.45, 2.75) is 33.2 Å². The minimum Gasteiger partial charge on any atom is -0.373 e. The number of aryl methyl sites for hydroxylation is 1. The van der Waals surface area contributed by atoms with Gasteiger partial charge in [-0.05, 0) is 56.3 Å². The lowest BCUT2D eigenvalue weighted by atomic mass is 10.0. The van der Waals surface area contributed by atoms with E-state index in [1.807, 2.05) is 24.8 Å². The molecule has 0 bridgehead atoms. The number of benzene rings is 1. The first-order valence-corrected chi connectivity index (χ1v) is 8.64. The average Bonchev–Trinajstić information content (AvgIpc) is 2.44. The summed E-state index contributed by atoms with van der Waals surface area (Å²) in [7, 11) is 2.08. The molecule has 0 aliphatic carbocycles. The molecule has 1 N–H and O–H groups in total. The van der Waals surface area contributed by atoms with Gasteiger partial charge in [0.15, 0.2) is 0 Å². The molecular formula is C16H27FN2S. The van der Waals surface area contributed by atoms with E-state index in [1.54, 1.807) is 6.07 Å². The molecule has 114 valence electrons. The largest absolute Gasteiger partial charge is 0.373 e. The molecule has 4 heteroatoms. The van der Waals surface area contributed by atoms with Crippen molar-refractivity contribution in [2.24, 2.45) is 0 Å². The third kappa shape index (κ3) is 4.67. The number of nitrogens with zero attached hydrogens (tertiary/aromatic N) is 1. The molecule has 0 heterocycles. The minimum absolute atomic E-state index is 0.118. The van der Waals surface area contributed by atoms with Gasteiger partial charge >= 0.3 is 0 Å². The molecule has 1 atom stereocenters. The van der Waals surface area contributed by atoms with Crippen molar-refractivity contribution >= 4 is 17.4 Å². The number of nitrogens with one attached hydrogen (secondary N) is 1. The lowest BCUT2D eigenvalue weighted by Crippen LogP contribution is -2.26. The summed E-state index contributed by atoms with van der Waals surface area (Å²) in [6.07, 6.45) is 3.19. The highest BCUT2D eigenvalue weighted by Crippen LogP contribution is 2.29. The predicted molar refractivity (Wildman–Crippen MR) is 89.5 cm³/mol. The molecule has 0 aromatic heterocycles. The highest BCUT2D eigenvalue weighted by molar-refractivity contribution is 7.98. The monoisotopic (exact) mass is 298 g/mol. The quantitative estimate of drug-likeness (QED) is 0.781. The fraction of sp³-hybridized carbons (Fsp3) is 0.625. The van der Waals surface area contributed by atoms with E-state index < -0.39 is 0 Å². The molecule has 0 saturated carbocycles. The van der Waals surface area contributed by atoms with Gasteiger partial charge < -0.3 is 10.2 Å². The fourth-order valence-electron chi connectivity index (χ4n) is 2.18. The van der Waals surface area contributed by atoms with Gasteiger partial charge in [0.25, 0.3) is 0 Å². The summed E-state index contributed by atoms with van der Waals surface area (Å²) >= 11 is 1.83. The molecule has 0 fully saturated rings. The number of rotatable bonds is 8. The van der Waals surface area contributed by atoms with Crippen LogP contribution in [-0.2, 0) is 0 Å². The standard InChI is InChI=1S/C16H27FN2S/c1-6-7-18-13(3)14-11-15(17)12(2)10-16(14)19(4)8-9-20-5/h10-11,13,18H,6-9H2,1-5H3. The zero-order valence-electron chi connectivity index (χ0n) is 13.3. The van der Waals surface area contributed by atoms with Crippen molar-refractivity contribution in [1.82, 2.24) is 5.32 Å². The lowest BCUT2D eigenvalue weighted by Gasteiger charge is -2.26. The Kier molecular flexibility index (Phi) is 7.38. The molecular weight excluding hydrogens is 271 g/mol. The zero-order chi connectivity index (χ0) is 15.1. The van der Waals surface area contributed by atoms with Crippen LogP contribution in [-0.4, -0.2) is 32.1 Å². The van der Waals surface area contributed by atoms with E-state index in [1.165, 1.54) is 0 Å². The van der Waals surface area contributed by atoms with E-state index in [0.29, 0.717) is 5.56 Å². The Balaban J connectivity index is 3.03. The zero-order valence-corrected chi connectivity index (χ0v) is 14.1. The number of hydrogen-bond donors (Lipinski definition) is 1. The first kappa shape index (κ1) is 17.3. The molecule has 0 saturated heterocycles. The molecule has 0 aliphatic rings. The van der Waals surface area contributed by atoms with Crippen molar-refractivity contribution in [1.29, 1.82) is 0 Å². The Morgan fingerprint density at radius 1 is 1.40 bits per heavy atom. The maximum atomic E-state index is 13.9. The summed E-state index contributed by atoms with van der Waals surface area (Å²) in [5, 5.41) is 3.45. The second-order valence-electron chi connectivity index (χ2n) is 5.25. The van der Waals surface area contributed by atoms with Crippen molar-refractivity contribution < 1.29 is 4.39 Å². The normalized spacial score (nSPS) is 12.5. The number of halogens is 1. The van der Waals surface area contributed by atoms with Crippen LogP contribution in [0.4, 0.5) is 10.1 Å². The lowest BCUT2D eigenvalue weighted by molar-refractivity contribution is 0.560. The van der Waals surface area contributed by atoms with Crippen LogP contribution in [0.1, 0.15) is 37.4 Å². The Labute approximate surface area is 127 Å². The van der Waals surface area contributed by atoms with Gasteiger partial charge in [0.1, 0.15) is 5.82 Å². The summed E-state index contributed by atoms with van der Waals surface area (Å²) in [4.78, 5) is 2.22. The Hall–Kier alpha value is -0.740. The summed E-state index contributed by atoms with van der Waals surface area (Å²) in [6, 6.07) is 3.82. The van der Waals surface area contributed by atoms with Crippen LogP contribution in [0.15, 0.2) is 12.1 Å². The van der Waals surface area contributed by atoms with Gasteiger partial charge in [-0.3, -0.25) is 0 Å². The van der Waals surface area contributed by atoms with Crippen molar-refractivity contribution in [3.05, 3.63) is 29.1 Å². The maximum Gasteiger partial charge on any atom is 0.126 e. The summed E-state index contributed by atoms with van der Waals surface area (Å²) in [5.74, 6) is 0.954. The van der Waals surface area contributed by atoms with Crippen molar-refractivity contribution in [2.75, 3.05) is 37.0 Å². The molecule has 1 rings (SSSR count). The highest BCUT2D eigenvalue weighted by atomic mass is 32.2. The van der Waals surface area contributed by atoms with Gasteiger partial charge in [0.05, 0.1) is 0 Å².